The molecule has 21 heavy (non-hydrogen) atoms. The number of benzene rings is 2. The second-order valence-corrected chi connectivity index (χ2v) is 4.49. The highest BCUT2D eigenvalue weighted by molar-refractivity contribution is 6.12. The van der Waals surface area contributed by atoms with Crippen LogP contribution in [0, 0.1) is 0 Å². The molecule has 0 heterocycles. The normalized spacial score (nSPS) is 10.1. The first-order valence-electron chi connectivity index (χ1n) is 6.38. The second kappa shape index (κ2) is 6.52. The molecule has 4 heteroatoms. The Morgan fingerprint density at radius 1 is 0.762 bits per heavy atom. The number of carbonyl (C=O) groups is 2. The van der Waals surface area contributed by atoms with Crippen LogP contribution in [-0.4, -0.2) is 22.2 Å². The molecule has 2 aromatic carbocycles. The number of hydrogen-bond donors (Lipinski definition) is 2. The molecular formula is C17H14O4. The number of hydrogen-bond acceptors (Lipinski definition) is 2. The van der Waals surface area contributed by atoms with Gasteiger partial charge >= 0.3 is 11.9 Å². The third kappa shape index (κ3) is 3.57. The molecule has 0 aliphatic heterocycles. The fourth-order valence-corrected chi connectivity index (χ4v) is 2.11. The zero-order valence-electron chi connectivity index (χ0n) is 11.1. The van der Waals surface area contributed by atoms with Gasteiger partial charge in [0.1, 0.15) is 5.57 Å². The van der Waals surface area contributed by atoms with E-state index in [9.17, 15) is 9.59 Å². The van der Waals surface area contributed by atoms with Crippen LogP contribution >= 0.6 is 0 Å². The minimum Gasteiger partial charge on any atom is -0.477 e. The standard InChI is InChI=1S/C17H14O4/c18-16(19)15(17(20)21)11-14(12-7-3-1-4-8-12)13-9-5-2-6-10-13/h1-11,14H,(H,18,19)(H,20,21). The molecule has 106 valence electrons. The average molecular weight is 282 g/mol. The minimum absolute atomic E-state index is 0.422. The smallest absolute Gasteiger partial charge is 0.342 e. The first kappa shape index (κ1) is 14.5. The van der Waals surface area contributed by atoms with Gasteiger partial charge in [0.25, 0.3) is 0 Å². The quantitative estimate of drug-likeness (QED) is 0.502. The van der Waals surface area contributed by atoms with Gasteiger partial charge in [-0.2, -0.15) is 0 Å². The van der Waals surface area contributed by atoms with E-state index < -0.39 is 23.4 Å². The first-order chi connectivity index (χ1) is 10.1. The van der Waals surface area contributed by atoms with Crippen molar-refractivity contribution >= 4 is 11.9 Å². The predicted molar refractivity (Wildman–Crippen MR) is 78.1 cm³/mol. The van der Waals surface area contributed by atoms with Gasteiger partial charge in [-0.05, 0) is 11.1 Å². The lowest BCUT2D eigenvalue weighted by Crippen LogP contribution is -2.13. The molecular weight excluding hydrogens is 268 g/mol. The van der Waals surface area contributed by atoms with Crippen molar-refractivity contribution in [2.45, 2.75) is 5.92 Å². The van der Waals surface area contributed by atoms with Gasteiger partial charge in [0.15, 0.2) is 0 Å². The summed E-state index contributed by atoms with van der Waals surface area (Å²) in [5, 5.41) is 18.1. The number of carboxylic acids is 2. The van der Waals surface area contributed by atoms with E-state index in [1.165, 1.54) is 6.08 Å². The van der Waals surface area contributed by atoms with Crippen LogP contribution in [0.15, 0.2) is 72.3 Å². The van der Waals surface area contributed by atoms with Gasteiger partial charge in [-0.25, -0.2) is 9.59 Å². The highest BCUT2D eigenvalue weighted by Crippen LogP contribution is 2.27. The van der Waals surface area contributed by atoms with Gasteiger partial charge in [-0.15, -0.1) is 0 Å². The van der Waals surface area contributed by atoms with Crippen molar-refractivity contribution in [1.29, 1.82) is 0 Å². The third-order valence-electron chi connectivity index (χ3n) is 3.11. The molecule has 2 aromatic rings. The Balaban J connectivity index is 2.54. The molecule has 0 aromatic heterocycles. The highest BCUT2D eigenvalue weighted by Gasteiger charge is 2.20. The van der Waals surface area contributed by atoms with Gasteiger partial charge in [0.05, 0.1) is 0 Å². The molecule has 0 fully saturated rings. The van der Waals surface area contributed by atoms with Crippen LogP contribution in [0.3, 0.4) is 0 Å². The predicted octanol–water partition coefficient (Wildman–Crippen LogP) is 2.91. The van der Waals surface area contributed by atoms with Crippen molar-refractivity contribution in [3.05, 3.63) is 83.4 Å². The van der Waals surface area contributed by atoms with Crippen molar-refractivity contribution in [3.8, 4) is 0 Å². The highest BCUT2D eigenvalue weighted by atomic mass is 16.4. The Morgan fingerprint density at radius 2 is 1.14 bits per heavy atom. The lowest BCUT2D eigenvalue weighted by atomic mass is 9.89. The molecule has 0 amide bonds. The number of allylic oxidation sites excluding steroid dienone is 1. The zero-order chi connectivity index (χ0) is 15.2. The number of carboxylic acid groups (broad SMARTS) is 2. The van der Waals surface area contributed by atoms with Crippen LogP contribution in [0.25, 0.3) is 0 Å². The Kier molecular flexibility index (Phi) is 4.51. The molecule has 0 spiro atoms. The molecule has 0 aliphatic rings. The van der Waals surface area contributed by atoms with Crippen LogP contribution in [0.5, 0.6) is 0 Å². The molecule has 0 saturated carbocycles. The van der Waals surface area contributed by atoms with Gasteiger partial charge in [0.2, 0.25) is 0 Å². The molecule has 0 saturated heterocycles. The Bertz CT molecular complexity index is 604. The van der Waals surface area contributed by atoms with E-state index in [0.717, 1.165) is 11.1 Å². The van der Waals surface area contributed by atoms with E-state index in [1.807, 2.05) is 60.7 Å². The number of aliphatic carboxylic acids is 2. The van der Waals surface area contributed by atoms with E-state index in [2.05, 4.69) is 0 Å². The topological polar surface area (TPSA) is 74.6 Å². The summed E-state index contributed by atoms with van der Waals surface area (Å²) in [6, 6.07) is 18.4. The average Bonchev–Trinajstić information content (AvgIpc) is 2.49. The first-order valence-corrected chi connectivity index (χ1v) is 6.38. The van der Waals surface area contributed by atoms with E-state index in [1.54, 1.807) is 0 Å². The monoisotopic (exact) mass is 282 g/mol. The summed E-state index contributed by atoms with van der Waals surface area (Å²) >= 11 is 0. The molecule has 2 N–H and O–H groups in total. The van der Waals surface area contributed by atoms with E-state index in [4.69, 9.17) is 10.2 Å². The van der Waals surface area contributed by atoms with Gasteiger partial charge in [-0.1, -0.05) is 66.7 Å². The fourth-order valence-electron chi connectivity index (χ4n) is 2.11. The summed E-state index contributed by atoms with van der Waals surface area (Å²) in [7, 11) is 0. The summed E-state index contributed by atoms with van der Waals surface area (Å²) in [5.74, 6) is -3.31. The Morgan fingerprint density at radius 3 is 1.48 bits per heavy atom. The van der Waals surface area contributed by atoms with Crippen LogP contribution < -0.4 is 0 Å². The van der Waals surface area contributed by atoms with Crippen LogP contribution in [0.4, 0.5) is 0 Å². The van der Waals surface area contributed by atoms with Crippen LogP contribution in [-0.2, 0) is 9.59 Å². The maximum atomic E-state index is 11.1. The minimum atomic E-state index is -1.45. The van der Waals surface area contributed by atoms with E-state index in [-0.39, 0.29) is 0 Å². The van der Waals surface area contributed by atoms with Crippen molar-refractivity contribution < 1.29 is 19.8 Å². The molecule has 0 atom stereocenters. The van der Waals surface area contributed by atoms with Gasteiger partial charge in [0, 0.05) is 5.92 Å². The summed E-state index contributed by atoms with van der Waals surface area (Å²) in [6.07, 6.45) is 1.27. The van der Waals surface area contributed by atoms with Crippen molar-refractivity contribution in [2.75, 3.05) is 0 Å². The van der Waals surface area contributed by atoms with Crippen LogP contribution in [0.1, 0.15) is 17.0 Å². The Labute approximate surface area is 122 Å². The largest absolute Gasteiger partial charge is 0.477 e. The molecule has 2 rings (SSSR count). The summed E-state index contributed by atoms with van der Waals surface area (Å²) in [5.41, 5.74) is 1.04. The lowest BCUT2D eigenvalue weighted by molar-refractivity contribution is -0.140. The molecule has 0 aliphatic carbocycles. The van der Waals surface area contributed by atoms with Crippen molar-refractivity contribution in [3.63, 3.8) is 0 Å². The molecule has 0 radical (unpaired) electrons. The van der Waals surface area contributed by atoms with Gasteiger partial charge in [-0.3, -0.25) is 0 Å². The molecule has 0 bridgehead atoms. The van der Waals surface area contributed by atoms with E-state index >= 15 is 0 Å². The number of rotatable bonds is 5. The summed E-state index contributed by atoms with van der Waals surface area (Å²) < 4.78 is 0. The Hall–Kier alpha value is -2.88. The van der Waals surface area contributed by atoms with E-state index in [0.29, 0.717) is 0 Å². The van der Waals surface area contributed by atoms with Crippen molar-refractivity contribution in [1.82, 2.24) is 0 Å². The second-order valence-electron chi connectivity index (χ2n) is 4.49. The zero-order valence-corrected chi connectivity index (χ0v) is 11.1. The third-order valence-corrected chi connectivity index (χ3v) is 3.11. The summed E-state index contributed by atoms with van der Waals surface area (Å²) in [4.78, 5) is 22.2. The summed E-state index contributed by atoms with van der Waals surface area (Å²) in [6.45, 7) is 0. The fraction of sp³-hybridized carbons (Fsp3) is 0.0588. The lowest BCUT2D eigenvalue weighted by Gasteiger charge is -2.14. The molecule has 0 unspecified atom stereocenters. The van der Waals surface area contributed by atoms with Gasteiger partial charge < -0.3 is 10.2 Å². The maximum absolute atomic E-state index is 11.1. The SMILES string of the molecule is O=C(O)C(=CC(c1ccccc1)c1ccccc1)C(=O)O. The van der Waals surface area contributed by atoms with Crippen molar-refractivity contribution in [2.24, 2.45) is 0 Å². The van der Waals surface area contributed by atoms with Crippen LogP contribution in [0.2, 0.25) is 0 Å². The maximum Gasteiger partial charge on any atom is 0.342 e. The molecule has 4 nitrogen and oxygen atoms in total.